The van der Waals surface area contributed by atoms with Gasteiger partial charge < -0.3 is 21.3 Å². The van der Waals surface area contributed by atoms with E-state index in [0.717, 1.165) is 83.5 Å². The van der Waals surface area contributed by atoms with Crippen LogP contribution in [0.1, 0.15) is 161 Å². The third-order valence-corrected chi connectivity index (χ3v) is 15.1. The maximum absolute atomic E-state index is 14.1. The number of nitrogens with one attached hydrogen (secondary N) is 4. The topological polar surface area (TPSA) is 116 Å². The van der Waals surface area contributed by atoms with Gasteiger partial charge in [-0.2, -0.15) is 0 Å². The molecule has 0 saturated heterocycles. The summed E-state index contributed by atoms with van der Waals surface area (Å²) in [4.78, 5) is 56.0. The number of carbonyl (C=O) groups excluding carboxylic acids is 4. The normalized spacial score (nSPS) is 12.2. The molecule has 0 unspecified atom stereocenters. The molecule has 2 aliphatic carbocycles. The molecule has 384 valence electrons. The van der Waals surface area contributed by atoms with E-state index in [2.05, 4.69) is 139 Å². The summed E-state index contributed by atoms with van der Waals surface area (Å²) in [5.41, 5.74) is 21.9. The van der Waals surface area contributed by atoms with Gasteiger partial charge in [0, 0.05) is 45.0 Å². The second kappa shape index (κ2) is 22.2. The number of benzene rings is 8. The molecule has 8 nitrogen and oxygen atoms in total. The lowest BCUT2D eigenvalue weighted by molar-refractivity contribution is 0.0980. The van der Waals surface area contributed by atoms with Gasteiger partial charge in [-0.05, 0) is 135 Å². The maximum atomic E-state index is 14.1. The fraction of sp³-hybridized carbons (Fsp3) is 0.235. The van der Waals surface area contributed by atoms with Crippen LogP contribution in [-0.4, -0.2) is 23.1 Å². The summed E-state index contributed by atoms with van der Waals surface area (Å²) in [5.74, 6) is -0.540. The van der Waals surface area contributed by atoms with Crippen LogP contribution in [0.15, 0.2) is 133 Å². The highest BCUT2D eigenvalue weighted by Crippen LogP contribution is 2.43. The zero-order valence-electron chi connectivity index (χ0n) is 45.6. The van der Waals surface area contributed by atoms with Gasteiger partial charge in [-0.15, -0.1) is 0 Å². The largest absolute Gasteiger partial charge is 0.354 e. The van der Waals surface area contributed by atoms with Crippen LogP contribution in [0.2, 0.25) is 0 Å². The minimum atomic E-state index is -0.140. The molecule has 8 aromatic rings. The van der Waals surface area contributed by atoms with Crippen LogP contribution in [0.4, 0.5) is 45.5 Å². The number of hydrogen-bond acceptors (Lipinski definition) is 8. The Morgan fingerprint density at radius 3 is 0.789 bits per heavy atom. The fourth-order valence-corrected chi connectivity index (χ4v) is 11.1. The van der Waals surface area contributed by atoms with Crippen LogP contribution in [0.25, 0.3) is 0 Å². The molecule has 0 aromatic heterocycles. The summed E-state index contributed by atoms with van der Waals surface area (Å²) in [6.07, 6.45) is 5.16. The predicted octanol–water partition coefficient (Wildman–Crippen LogP) is 16.5. The Hall–Kier alpha value is -8.36. The molecule has 0 radical (unpaired) electrons. The van der Waals surface area contributed by atoms with Crippen LogP contribution >= 0.6 is 0 Å². The SMILES string of the molecule is CCc1cc(C)cc(CC)c1Nc1ccc(Nc2c(CC)cc(C)cc2CC)c2c1C(=O)c1ccccc1C2=O.CCc1cccc(C)c1Nc1ccc(Nc2c(C)cccc2CC)c2c1C(=O)c1ccccc1C2=O. The van der Waals surface area contributed by atoms with Gasteiger partial charge >= 0.3 is 0 Å². The minimum absolute atomic E-state index is 0.130. The molecule has 10 rings (SSSR count). The molecular formula is C68H68N4O4. The molecule has 2 aliphatic rings. The number of hydrogen-bond donors (Lipinski definition) is 4. The molecule has 0 atom stereocenters. The van der Waals surface area contributed by atoms with E-state index >= 15 is 0 Å². The zero-order valence-corrected chi connectivity index (χ0v) is 45.6. The van der Waals surface area contributed by atoms with E-state index in [-0.39, 0.29) is 23.1 Å². The van der Waals surface area contributed by atoms with E-state index in [0.29, 0.717) is 67.3 Å². The lowest BCUT2D eigenvalue weighted by atomic mass is 9.82. The molecule has 0 saturated carbocycles. The first kappa shape index (κ1) is 52.5. The molecule has 4 N–H and O–H groups in total. The highest BCUT2D eigenvalue weighted by molar-refractivity contribution is 6.33. The van der Waals surface area contributed by atoms with Crippen LogP contribution in [0, 0.1) is 27.7 Å². The average molecular weight is 1010 g/mol. The van der Waals surface area contributed by atoms with E-state index in [9.17, 15) is 19.2 Å². The summed E-state index contributed by atoms with van der Waals surface area (Å²) < 4.78 is 0. The Morgan fingerprint density at radius 2 is 0.539 bits per heavy atom. The number of ketones is 4. The van der Waals surface area contributed by atoms with Gasteiger partial charge in [0.2, 0.25) is 0 Å². The molecular weight excluding hydrogens is 937 g/mol. The first-order chi connectivity index (χ1) is 36.7. The molecule has 0 aliphatic heterocycles. The van der Waals surface area contributed by atoms with Gasteiger partial charge in [-0.1, -0.05) is 162 Å². The number of fused-ring (bicyclic) bond motifs is 4. The van der Waals surface area contributed by atoms with E-state index in [1.807, 2.05) is 60.7 Å². The standard InChI is InChI=1S/C36H38N2O2.C32H30N2O2/c1-7-23-17-21(5)18-24(8-2)33(23)37-29-15-16-30(38-34-25(9-3)19-22(6)20-26(34)10-4)32-31(29)35(39)27-13-11-12-14-28(27)36(32)40;1-5-21-13-9-11-19(3)29(21)33-25-17-18-26(34-30-20(4)12-10-14-22(30)6-2)28-27(25)31(35)23-15-7-8-16-24(23)32(28)36/h11-20,37-38H,7-10H2,1-6H3;7-18,33-34H,5-6H2,1-4H3. The third kappa shape index (κ3) is 9.76. The average Bonchev–Trinajstić information content (AvgIpc) is 3.45. The highest BCUT2D eigenvalue weighted by Gasteiger charge is 2.36. The van der Waals surface area contributed by atoms with Crippen LogP contribution in [0.5, 0.6) is 0 Å². The zero-order chi connectivity index (χ0) is 53.9. The summed E-state index contributed by atoms with van der Waals surface area (Å²) in [7, 11) is 0. The predicted molar refractivity (Wildman–Crippen MR) is 314 cm³/mol. The van der Waals surface area contributed by atoms with Crippen molar-refractivity contribution >= 4 is 68.6 Å². The van der Waals surface area contributed by atoms with Crippen LogP contribution < -0.4 is 21.3 Å². The second-order valence-corrected chi connectivity index (χ2v) is 20.0. The van der Waals surface area contributed by atoms with Gasteiger partial charge in [-0.3, -0.25) is 19.2 Å². The van der Waals surface area contributed by atoms with Crippen LogP contribution in [0.3, 0.4) is 0 Å². The van der Waals surface area contributed by atoms with Gasteiger partial charge in [0.15, 0.2) is 23.1 Å². The van der Waals surface area contributed by atoms with Crippen molar-refractivity contribution in [2.24, 2.45) is 0 Å². The summed E-state index contributed by atoms with van der Waals surface area (Å²) >= 11 is 0. The monoisotopic (exact) mass is 1000 g/mol. The maximum Gasteiger partial charge on any atom is 0.196 e. The van der Waals surface area contributed by atoms with Crippen molar-refractivity contribution < 1.29 is 19.2 Å². The van der Waals surface area contributed by atoms with Crippen LogP contribution in [-0.2, 0) is 38.5 Å². The lowest BCUT2D eigenvalue weighted by Crippen LogP contribution is -2.24. The molecule has 0 amide bonds. The molecule has 8 aromatic carbocycles. The van der Waals surface area contributed by atoms with Crippen molar-refractivity contribution in [1.29, 1.82) is 0 Å². The molecule has 0 fully saturated rings. The van der Waals surface area contributed by atoms with Crippen molar-refractivity contribution in [1.82, 2.24) is 0 Å². The Morgan fingerprint density at radius 1 is 0.289 bits per heavy atom. The summed E-state index contributed by atoms with van der Waals surface area (Å²) in [6, 6.07) is 43.1. The Balaban J connectivity index is 0.000000187. The molecule has 76 heavy (non-hydrogen) atoms. The summed E-state index contributed by atoms with van der Waals surface area (Å²) in [5, 5.41) is 14.3. The first-order valence-corrected chi connectivity index (χ1v) is 27.0. The van der Waals surface area contributed by atoms with Crippen molar-refractivity contribution in [3.8, 4) is 0 Å². The highest BCUT2D eigenvalue weighted by atomic mass is 16.1. The van der Waals surface area contributed by atoms with E-state index in [4.69, 9.17) is 0 Å². The lowest BCUT2D eigenvalue weighted by Gasteiger charge is -2.26. The summed E-state index contributed by atoms with van der Waals surface area (Å²) in [6.45, 7) is 21.1. The Kier molecular flexibility index (Phi) is 15.4. The van der Waals surface area contributed by atoms with Gasteiger partial charge in [0.05, 0.1) is 45.0 Å². The number of carbonyl (C=O) groups is 4. The molecule has 0 bridgehead atoms. The van der Waals surface area contributed by atoms with Crippen molar-refractivity contribution in [3.05, 3.63) is 234 Å². The van der Waals surface area contributed by atoms with Gasteiger partial charge in [0.25, 0.3) is 0 Å². The van der Waals surface area contributed by atoms with Crippen molar-refractivity contribution in [2.45, 2.75) is 108 Å². The molecule has 0 spiro atoms. The second-order valence-electron chi connectivity index (χ2n) is 20.0. The number of aryl methyl sites for hydroxylation is 10. The number of rotatable bonds is 14. The van der Waals surface area contributed by atoms with Crippen molar-refractivity contribution in [2.75, 3.05) is 21.3 Å². The number of para-hydroxylation sites is 2. The van der Waals surface area contributed by atoms with E-state index in [1.54, 1.807) is 24.3 Å². The van der Waals surface area contributed by atoms with Crippen molar-refractivity contribution in [3.63, 3.8) is 0 Å². The molecule has 8 heteroatoms. The van der Waals surface area contributed by atoms with Gasteiger partial charge in [0.1, 0.15) is 0 Å². The first-order valence-electron chi connectivity index (χ1n) is 27.0. The Labute approximate surface area is 448 Å². The Bertz CT molecular complexity index is 3350. The third-order valence-electron chi connectivity index (χ3n) is 15.1. The number of anilines is 8. The fourth-order valence-electron chi connectivity index (χ4n) is 11.1. The minimum Gasteiger partial charge on any atom is -0.354 e. The molecule has 0 heterocycles. The smallest absolute Gasteiger partial charge is 0.196 e. The quantitative estimate of drug-likeness (QED) is 0.0851. The van der Waals surface area contributed by atoms with E-state index < -0.39 is 0 Å². The van der Waals surface area contributed by atoms with Gasteiger partial charge in [-0.25, -0.2) is 0 Å². The van der Waals surface area contributed by atoms with E-state index in [1.165, 1.54) is 33.4 Å².